The maximum absolute atomic E-state index is 5.74. The molecule has 3 heterocycles. The third-order valence-electron chi connectivity index (χ3n) is 2.03. The number of anilines is 1. The number of oxazole rings is 1. The summed E-state index contributed by atoms with van der Waals surface area (Å²) >= 11 is 3.05. The van der Waals surface area contributed by atoms with Gasteiger partial charge in [-0.3, -0.25) is 4.98 Å². The van der Waals surface area contributed by atoms with Crippen LogP contribution in [0.4, 0.5) is 5.00 Å². The molecule has 0 radical (unpaired) electrons. The molecule has 0 aromatic carbocycles. The molecule has 3 rings (SSSR count). The lowest BCUT2D eigenvalue weighted by Gasteiger charge is -1.89. The highest BCUT2D eigenvalue weighted by Gasteiger charge is 2.11. The Bertz CT molecular complexity index is 582. The highest BCUT2D eigenvalue weighted by atomic mass is 32.1. The predicted octanol–water partition coefficient (Wildman–Crippen LogP) is 2.52. The number of aromatic nitrogens is 2. The fourth-order valence-electron chi connectivity index (χ4n) is 1.36. The van der Waals surface area contributed by atoms with Gasteiger partial charge in [0, 0.05) is 16.5 Å². The fraction of sp³-hybridized carbons (Fsp3) is 0.111. The molecule has 4 nitrogen and oxygen atoms in total. The van der Waals surface area contributed by atoms with Crippen LogP contribution in [0.1, 0.15) is 10.8 Å². The smallest absolute Gasteiger partial charge is 0.200 e. The Hall–Kier alpha value is -1.40. The standard InChI is InChI=1S/C9H7N3OS2/c10-9-8-6(3-14-9)12-7(13-8)1-5-2-11-4-15-5/h2-4H,1,10H2. The second-order valence-electron chi connectivity index (χ2n) is 3.07. The highest BCUT2D eigenvalue weighted by molar-refractivity contribution is 7.15. The summed E-state index contributed by atoms with van der Waals surface area (Å²) in [4.78, 5) is 9.49. The minimum absolute atomic E-state index is 0.684. The Morgan fingerprint density at radius 3 is 3.07 bits per heavy atom. The first-order valence-corrected chi connectivity index (χ1v) is 6.08. The topological polar surface area (TPSA) is 64.9 Å². The summed E-state index contributed by atoms with van der Waals surface area (Å²) in [5.41, 5.74) is 9.09. The van der Waals surface area contributed by atoms with Crippen LogP contribution in [0, 0.1) is 0 Å². The Labute approximate surface area is 93.4 Å². The molecule has 0 unspecified atom stereocenters. The predicted molar refractivity (Wildman–Crippen MR) is 61.2 cm³/mol. The zero-order chi connectivity index (χ0) is 10.3. The van der Waals surface area contributed by atoms with E-state index < -0.39 is 0 Å². The number of thiazole rings is 1. The van der Waals surface area contributed by atoms with E-state index in [1.54, 1.807) is 16.8 Å². The molecule has 6 heteroatoms. The van der Waals surface area contributed by atoms with Crippen LogP contribution < -0.4 is 5.73 Å². The summed E-state index contributed by atoms with van der Waals surface area (Å²) in [6.45, 7) is 0. The molecule has 2 N–H and O–H groups in total. The van der Waals surface area contributed by atoms with Crippen LogP contribution >= 0.6 is 22.7 Å². The first kappa shape index (κ1) is 8.87. The van der Waals surface area contributed by atoms with Gasteiger partial charge in [0.05, 0.1) is 11.9 Å². The second-order valence-corrected chi connectivity index (χ2v) is 4.95. The van der Waals surface area contributed by atoms with Crippen molar-refractivity contribution in [1.29, 1.82) is 0 Å². The van der Waals surface area contributed by atoms with E-state index >= 15 is 0 Å². The van der Waals surface area contributed by atoms with Crippen LogP contribution in [-0.2, 0) is 6.42 Å². The maximum Gasteiger partial charge on any atom is 0.200 e. The average Bonchev–Trinajstić information content (AvgIpc) is 2.88. The van der Waals surface area contributed by atoms with Gasteiger partial charge in [-0.05, 0) is 0 Å². The van der Waals surface area contributed by atoms with E-state index in [1.807, 2.05) is 11.6 Å². The number of nitrogens with two attached hydrogens (primary N) is 1. The van der Waals surface area contributed by atoms with Crippen LogP contribution in [-0.4, -0.2) is 9.97 Å². The highest BCUT2D eigenvalue weighted by Crippen LogP contribution is 2.29. The molecule has 0 saturated heterocycles. The van der Waals surface area contributed by atoms with Crippen LogP contribution in [0.2, 0.25) is 0 Å². The zero-order valence-corrected chi connectivity index (χ0v) is 9.27. The number of nitrogens with zero attached hydrogens (tertiary/aromatic N) is 2. The molecule has 0 aliphatic heterocycles. The van der Waals surface area contributed by atoms with E-state index in [2.05, 4.69) is 9.97 Å². The summed E-state index contributed by atoms with van der Waals surface area (Å²) in [6.07, 6.45) is 2.51. The van der Waals surface area contributed by atoms with E-state index in [0.717, 1.165) is 10.4 Å². The second kappa shape index (κ2) is 3.32. The van der Waals surface area contributed by atoms with Gasteiger partial charge in [-0.25, -0.2) is 4.98 Å². The van der Waals surface area contributed by atoms with Crippen molar-refractivity contribution in [3.63, 3.8) is 0 Å². The Balaban J connectivity index is 1.98. The van der Waals surface area contributed by atoms with Gasteiger partial charge in [-0.2, -0.15) is 0 Å². The van der Waals surface area contributed by atoms with Crippen molar-refractivity contribution in [2.45, 2.75) is 6.42 Å². The van der Waals surface area contributed by atoms with Crippen LogP contribution in [0.3, 0.4) is 0 Å². The molecule has 0 fully saturated rings. The van der Waals surface area contributed by atoms with Crippen LogP contribution in [0.25, 0.3) is 11.1 Å². The van der Waals surface area contributed by atoms with E-state index in [0.29, 0.717) is 22.9 Å². The van der Waals surface area contributed by atoms with Crippen molar-refractivity contribution < 1.29 is 4.42 Å². The molecule has 3 aromatic rings. The Kier molecular flexibility index (Phi) is 1.96. The number of thiophene rings is 1. The number of fused-ring (bicyclic) bond motifs is 1. The summed E-state index contributed by atoms with van der Waals surface area (Å²) in [5, 5.41) is 2.60. The van der Waals surface area contributed by atoms with Crippen LogP contribution in [0.15, 0.2) is 21.5 Å². The van der Waals surface area contributed by atoms with Crippen molar-refractivity contribution in [3.8, 4) is 0 Å². The molecule has 0 amide bonds. The van der Waals surface area contributed by atoms with E-state index in [4.69, 9.17) is 10.2 Å². The van der Waals surface area contributed by atoms with Crippen molar-refractivity contribution in [2.75, 3.05) is 5.73 Å². The third kappa shape index (κ3) is 1.51. The molecule has 0 atom stereocenters. The molecular formula is C9H7N3OS2. The van der Waals surface area contributed by atoms with Crippen LogP contribution in [0.5, 0.6) is 0 Å². The number of rotatable bonds is 2. The number of hydrogen-bond acceptors (Lipinski definition) is 6. The summed E-state index contributed by atoms with van der Waals surface area (Å²) in [5.74, 6) is 0.698. The molecule has 0 spiro atoms. The molecule has 0 aliphatic rings. The maximum atomic E-state index is 5.74. The van der Waals surface area contributed by atoms with E-state index in [1.165, 1.54) is 11.3 Å². The average molecular weight is 237 g/mol. The summed E-state index contributed by atoms with van der Waals surface area (Å²) in [6, 6.07) is 0. The molecule has 76 valence electrons. The quantitative estimate of drug-likeness (QED) is 0.743. The third-order valence-corrected chi connectivity index (χ3v) is 3.59. The Morgan fingerprint density at radius 2 is 2.33 bits per heavy atom. The van der Waals surface area contributed by atoms with Crippen molar-refractivity contribution in [1.82, 2.24) is 9.97 Å². The van der Waals surface area contributed by atoms with Gasteiger partial charge in [0.2, 0.25) is 5.89 Å². The SMILES string of the molecule is Nc1scc2nc(Cc3cncs3)oc12. The molecule has 3 aromatic heterocycles. The minimum atomic E-state index is 0.684. The molecule has 15 heavy (non-hydrogen) atoms. The van der Waals surface area contributed by atoms with Crippen molar-refractivity contribution in [2.24, 2.45) is 0 Å². The summed E-state index contributed by atoms with van der Waals surface area (Å²) in [7, 11) is 0. The van der Waals surface area contributed by atoms with Crippen molar-refractivity contribution >= 4 is 38.8 Å². The van der Waals surface area contributed by atoms with Gasteiger partial charge in [0.15, 0.2) is 5.58 Å². The number of hydrogen-bond donors (Lipinski definition) is 1. The lowest BCUT2D eigenvalue weighted by Crippen LogP contribution is -1.83. The molecule has 0 bridgehead atoms. The molecular weight excluding hydrogens is 230 g/mol. The van der Waals surface area contributed by atoms with Gasteiger partial charge in [0.1, 0.15) is 10.5 Å². The first-order valence-electron chi connectivity index (χ1n) is 4.32. The lowest BCUT2D eigenvalue weighted by atomic mass is 10.4. The lowest BCUT2D eigenvalue weighted by molar-refractivity contribution is 0.547. The largest absolute Gasteiger partial charge is 0.437 e. The van der Waals surface area contributed by atoms with E-state index in [9.17, 15) is 0 Å². The van der Waals surface area contributed by atoms with E-state index in [-0.39, 0.29) is 0 Å². The number of nitrogen functional groups attached to an aromatic ring is 1. The first-order chi connectivity index (χ1) is 7.33. The van der Waals surface area contributed by atoms with Crippen molar-refractivity contribution in [3.05, 3.63) is 27.9 Å². The zero-order valence-electron chi connectivity index (χ0n) is 7.64. The van der Waals surface area contributed by atoms with Gasteiger partial charge in [-0.1, -0.05) is 0 Å². The Morgan fingerprint density at radius 1 is 1.40 bits per heavy atom. The van der Waals surface area contributed by atoms with Gasteiger partial charge < -0.3 is 10.2 Å². The van der Waals surface area contributed by atoms with Gasteiger partial charge in [-0.15, -0.1) is 22.7 Å². The normalized spacial score (nSPS) is 11.2. The molecule has 0 saturated carbocycles. The fourth-order valence-corrected chi connectivity index (χ4v) is 2.60. The monoisotopic (exact) mass is 237 g/mol. The van der Waals surface area contributed by atoms with Gasteiger partial charge in [0.25, 0.3) is 0 Å². The molecule has 0 aliphatic carbocycles. The minimum Gasteiger partial charge on any atom is -0.437 e. The summed E-state index contributed by atoms with van der Waals surface area (Å²) < 4.78 is 5.57. The van der Waals surface area contributed by atoms with Gasteiger partial charge >= 0.3 is 0 Å².